The standard InChI is InChI=1S/C22H27NO3/c1-2-25-18-12-14-19(15-13-18)26-16-6-11-22(24)23-21-10-5-8-17-7-3-4-9-20(17)21/h3-4,7,9,12-15,21H,2,5-6,8,10-11,16H2,1H3,(H,23,24)/t21-/m1/s1. The maximum absolute atomic E-state index is 12.3. The van der Waals surface area contributed by atoms with E-state index >= 15 is 0 Å². The first-order valence-corrected chi connectivity index (χ1v) is 9.49. The van der Waals surface area contributed by atoms with Crippen molar-refractivity contribution in [3.63, 3.8) is 0 Å². The number of ether oxygens (including phenoxy) is 2. The van der Waals surface area contributed by atoms with Gasteiger partial charge < -0.3 is 14.8 Å². The molecule has 1 N–H and O–H groups in total. The van der Waals surface area contributed by atoms with Gasteiger partial charge in [0.2, 0.25) is 5.91 Å². The summed E-state index contributed by atoms with van der Waals surface area (Å²) in [5, 5.41) is 3.18. The minimum atomic E-state index is 0.0991. The highest BCUT2D eigenvalue weighted by Gasteiger charge is 2.20. The second-order valence-corrected chi connectivity index (χ2v) is 6.57. The number of hydrogen-bond donors (Lipinski definition) is 1. The van der Waals surface area contributed by atoms with E-state index < -0.39 is 0 Å². The molecule has 26 heavy (non-hydrogen) atoms. The van der Waals surface area contributed by atoms with Crippen LogP contribution in [-0.4, -0.2) is 19.1 Å². The number of rotatable bonds is 8. The van der Waals surface area contributed by atoms with Crippen LogP contribution in [-0.2, 0) is 11.2 Å². The fourth-order valence-electron chi connectivity index (χ4n) is 3.39. The van der Waals surface area contributed by atoms with Crippen LogP contribution in [0, 0.1) is 0 Å². The van der Waals surface area contributed by atoms with Crippen LogP contribution in [0.25, 0.3) is 0 Å². The maximum atomic E-state index is 12.3. The lowest BCUT2D eigenvalue weighted by atomic mass is 9.87. The Morgan fingerprint density at radius 2 is 1.81 bits per heavy atom. The van der Waals surface area contributed by atoms with Crippen LogP contribution >= 0.6 is 0 Å². The summed E-state index contributed by atoms with van der Waals surface area (Å²) in [4.78, 5) is 12.3. The molecule has 0 spiro atoms. The largest absolute Gasteiger partial charge is 0.494 e. The molecular weight excluding hydrogens is 326 g/mol. The Balaban J connectivity index is 1.40. The third kappa shape index (κ3) is 5.01. The van der Waals surface area contributed by atoms with Crippen LogP contribution in [0.1, 0.15) is 49.8 Å². The Hall–Kier alpha value is -2.49. The molecular formula is C22H27NO3. The van der Waals surface area contributed by atoms with Gasteiger partial charge >= 0.3 is 0 Å². The molecule has 1 atom stereocenters. The van der Waals surface area contributed by atoms with Crippen LogP contribution in [0.5, 0.6) is 11.5 Å². The summed E-state index contributed by atoms with van der Waals surface area (Å²) >= 11 is 0. The van der Waals surface area contributed by atoms with E-state index in [1.807, 2.05) is 37.3 Å². The normalized spacial score (nSPS) is 15.8. The van der Waals surface area contributed by atoms with Crippen molar-refractivity contribution < 1.29 is 14.3 Å². The third-order valence-electron chi connectivity index (χ3n) is 4.66. The maximum Gasteiger partial charge on any atom is 0.220 e. The summed E-state index contributed by atoms with van der Waals surface area (Å²) < 4.78 is 11.1. The van der Waals surface area contributed by atoms with E-state index in [0.717, 1.165) is 30.8 Å². The molecule has 0 aromatic heterocycles. The van der Waals surface area contributed by atoms with Crippen LogP contribution in [0.15, 0.2) is 48.5 Å². The van der Waals surface area contributed by atoms with Gasteiger partial charge in [0.15, 0.2) is 0 Å². The molecule has 4 nitrogen and oxygen atoms in total. The predicted octanol–water partition coefficient (Wildman–Crippen LogP) is 4.44. The molecule has 0 radical (unpaired) electrons. The highest BCUT2D eigenvalue weighted by atomic mass is 16.5. The zero-order valence-corrected chi connectivity index (χ0v) is 15.4. The van der Waals surface area contributed by atoms with Crippen molar-refractivity contribution in [1.29, 1.82) is 0 Å². The number of fused-ring (bicyclic) bond motifs is 1. The number of amides is 1. The van der Waals surface area contributed by atoms with Crippen LogP contribution < -0.4 is 14.8 Å². The van der Waals surface area contributed by atoms with Crippen molar-refractivity contribution in [2.24, 2.45) is 0 Å². The molecule has 3 rings (SSSR count). The Bertz CT molecular complexity index is 712. The first-order valence-electron chi connectivity index (χ1n) is 9.49. The smallest absolute Gasteiger partial charge is 0.220 e. The lowest BCUT2D eigenvalue weighted by molar-refractivity contribution is -0.122. The van der Waals surface area contributed by atoms with Crippen molar-refractivity contribution >= 4 is 5.91 Å². The van der Waals surface area contributed by atoms with Crippen molar-refractivity contribution in [3.05, 3.63) is 59.7 Å². The molecule has 2 aromatic rings. The average molecular weight is 353 g/mol. The molecule has 4 heteroatoms. The highest BCUT2D eigenvalue weighted by Crippen LogP contribution is 2.29. The van der Waals surface area contributed by atoms with E-state index in [1.165, 1.54) is 11.1 Å². The fraction of sp³-hybridized carbons (Fsp3) is 0.409. The zero-order chi connectivity index (χ0) is 18.2. The van der Waals surface area contributed by atoms with Gasteiger partial charge in [0.05, 0.1) is 19.3 Å². The van der Waals surface area contributed by atoms with Gasteiger partial charge in [-0.05, 0) is 68.0 Å². The molecule has 0 fully saturated rings. The van der Waals surface area contributed by atoms with Gasteiger partial charge in [-0.2, -0.15) is 0 Å². The molecule has 0 aliphatic heterocycles. The van der Waals surface area contributed by atoms with Crippen molar-refractivity contribution in [2.45, 2.75) is 45.1 Å². The third-order valence-corrected chi connectivity index (χ3v) is 4.66. The van der Waals surface area contributed by atoms with E-state index in [0.29, 0.717) is 26.1 Å². The molecule has 1 aliphatic rings. The first-order chi connectivity index (χ1) is 12.8. The Labute approximate surface area is 155 Å². The topological polar surface area (TPSA) is 47.6 Å². The van der Waals surface area contributed by atoms with Gasteiger partial charge in [0, 0.05) is 6.42 Å². The van der Waals surface area contributed by atoms with E-state index in [9.17, 15) is 4.79 Å². The molecule has 1 aliphatic carbocycles. The molecule has 0 saturated heterocycles. The number of nitrogens with one attached hydrogen (secondary N) is 1. The van der Waals surface area contributed by atoms with Crippen molar-refractivity contribution in [3.8, 4) is 11.5 Å². The summed E-state index contributed by atoms with van der Waals surface area (Å²) in [5.74, 6) is 1.74. The van der Waals surface area contributed by atoms with Crippen LogP contribution in [0.2, 0.25) is 0 Å². The second kappa shape index (κ2) is 9.27. The summed E-state index contributed by atoms with van der Waals surface area (Å²) in [5.41, 5.74) is 2.64. The molecule has 2 aromatic carbocycles. The van der Waals surface area contributed by atoms with E-state index in [1.54, 1.807) is 0 Å². The monoisotopic (exact) mass is 353 g/mol. The number of hydrogen-bond acceptors (Lipinski definition) is 3. The quantitative estimate of drug-likeness (QED) is 0.714. The molecule has 1 amide bonds. The highest BCUT2D eigenvalue weighted by molar-refractivity contribution is 5.76. The Morgan fingerprint density at radius 3 is 2.58 bits per heavy atom. The summed E-state index contributed by atoms with van der Waals surface area (Å²) in [7, 11) is 0. The minimum absolute atomic E-state index is 0.0991. The molecule has 0 heterocycles. The average Bonchev–Trinajstić information content (AvgIpc) is 2.67. The van der Waals surface area contributed by atoms with Crippen molar-refractivity contribution in [1.82, 2.24) is 5.32 Å². The van der Waals surface area contributed by atoms with Gasteiger partial charge in [-0.3, -0.25) is 4.79 Å². The number of carbonyl (C=O) groups excluding carboxylic acids is 1. The minimum Gasteiger partial charge on any atom is -0.494 e. The zero-order valence-electron chi connectivity index (χ0n) is 15.4. The predicted molar refractivity (Wildman–Crippen MR) is 103 cm³/mol. The van der Waals surface area contributed by atoms with Gasteiger partial charge in [0.25, 0.3) is 0 Å². The Morgan fingerprint density at radius 1 is 1.08 bits per heavy atom. The van der Waals surface area contributed by atoms with Gasteiger partial charge in [0.1, 0.15) is 11.5 Å². The number of benzene rings is 2. The number of carbonyl (C=O) groups is 1. The molecule has 138 valence electrons. The summed E-state index contributed by atoms with van der Waals surface area (Å²) in [6.07, 6.45) is 4.44. The lowest BCUT2D eigenvalue weighted by Crippen LogP contribution is -2.31. The van der Waals surface area contributed by atoms with Gasteiger partial charge in [-0.25, -0.2) is 0 Å². The van der Waals surface area contributed by atoms with Crippen molar-refractivity contribution in [2.75, 3.05) is 13.2 Å². The Kier molecular flexibility index (Phi) is 6.53. The van der Waals surface area contributed by atoms with Crippen LogP contribution in [0.3, 0.4) is 0 Å². The molecule has 0 saturated carbocycles. The van der Waals surface area contributed by atoms with Gasteiger partial charge in [-0.15, -0.1) is 0 Å². The van der Waals surface area contributed by atoms with E-state index in [4.69, 9.17) is 9.47 Å². The molecule has 0 bridgehead atoms. The SMILES string of the molecule is CCOc1ccc(OCCCC(=O)N[C@@H]2CCCc3ccccc32)cc1. The lowest BCUT2D eigenvalue weighted by Gasteiger charge is -2.26. The summed E-state index contributed by atoms with van der Waals surface area (Å²) in [6.45, 7) is 3.14. The second-order valence-electron chi connectivity index (χ2n) is 6.57. The van der Waals surface area contributed by atoms with Crippen LogP contribution in [0.4, 0.5) is 0 Å². The van der Waals surface area contributed by atoms with E-state index in [2.05, 4.69) is 23.5 Å². The number of aryl methyl sites for hydroxylation is 1. The van der Waals surface area contributed by atoms with Gasteiger partial charge in [-0.1, -0.05) is 24.3 Å². The summed E-state index contributed by atoms with van der Waals surface area (Å²) in [6, 6.07) is 16.1. The molecule has 0 unspecified atom stereocenters. The fourth-order valence-corrected chi connectivity index (χ4v) is 3.39. The van der Waals surface area contributed by atoms with E-state index in [-0.39, 0.29) is 11.9 Å². The first kappa shape index (κ1) is 18.3.